The molecule has 0 spiro atoms. The Morgan fingerprint density at radius 2 is 1.86 bits per heavy atom. The van der Waals surface area contributed by atoms with Crippen molar-refractivity contribution in [3.05, 3.63) is 63.9 Å². The molecule has 0 aliphatic heterocycles. The normalized spacial score (nSPS) is 10.2. The van der Waals surface area contributed by atoms with Crippen LogP contribution in [-0.2, 0) is 11.2 Å². The number of carboxylic acids is 1. The van der Waals surface area contributed by atoms with E-state index in [0.29, 0.717) is 15.7 Å². The van der Waals surface area contributed by atoms with Crippen molar-refractivity contribution in [2.75, 3.05) is 5.32 Å². The van der Waals surface area contributed by atoms with E-state index in [1.807, 2.05) is 0 Å². The van der Waals surface area contributed by atoms with E-state index in [1.165, 1.54) is 12.1 Å². The third-order valence-electron chi connectivity index (χ3n) is 2.80. The van der Waals surface area contributed by atoms with Crippen molar-refractivity contribution in [3.63, 3.8) is 0 Å². The molecule has 0 saturated carbocycles. The number of carbonyl (C=O) groups excluding carboxylic acids is 1. The van der Waals surface area contributed by atoms with Gasteiger partial charge in [0.25, 0.3) is 5.91 Å². The number of benzene rings is 2. The molecular weight excluding hydrogens is 341 g/mol. The van der Waals surface area contributed by atoms with Gasteiger partial charge in [0.05, 0.1) is 12.0 Å². The Balaban J connectivity index is 2.30. The summed E-state index contributed by atoms with van der Waals surface area (Å²) in [6, 6.07) is 10.7. The van der Waals surface area contributed by atoms with Crippen LogP contribution in [0.25, 0.3) is 0 Å². The second kappa shape index (κ2) is 6.49. The zero-order valence-electron chi connectivity index (χ0n) is 10.8. The Morgan fingerprint density at radius 1 is 1.14 bits per heavy atom. The number of carbonyl (C=O) groups is 2. The largest absolute Gasteiger partial charge is 0.481 e. The zero-order valence-corrected chi connectivity index (χ0v) is 12.4. The SMILES string of the molecule is O=C(O)Cc1ccccc1NC(=O)c1c(F)cccc1Br. The minimum absolute atomic E-state index is 0.123. The Labute approximate surface area is 128 Å². The summed E-state index contributed by atoms with van der Waals surface area (Å²) in [7, 11) is 0. The predicted molar refractivity (Wildman–Crippen MR) is 79.8 cm³/mol. The number of nitrogens with one attached hydrogen (secondary N) is 1. The minimum Gasteiger partial charge on any atom is -0.481 e. The fraction of sp³-hybridized carbons (Fsp3) is 0.0667. The highest BCUT2D eigenvalue weighted by molar-refractivity contribution is 9.10. The second-order valence-electron chi connectivity index (χ2n) is 4.28. The molecule has 2 aromatic carbocycles. The molecule has 2 N–H and O–H groups in total. The molecule has 6 heteroatoms. The monoisotopic (exact) mass is 351 g/mol. The van der Waals surface area contributed by atoms with E-state index in [0.717, 1.165) is 0 Å². The number of hydrogen-bond donors (Lipinski definition) is 2. The van der Waals surface area contributed by atoms with Crippen LogP contribution in [0.2, 0.25) is 0 Å². The van der Waals surface area contributed by atoms with E-state index in [-0.39, 0.29) is 12.0 Å². The third kappa shape index (κ3) is 3.66. The van der Waals surface area contributed by atoms with E-state index in [4.69, 9.17) is 5.11 Å². The van der Waals surface area contributed by atoms with Crippen molar-refractivity contribution in [2.45, 2.75) is 6.42 Å². The van der Waals surface area contributed by atoms with E-state index in [2.05, 4.69) is 21.2 Å². The summed E-state index contributed by atoms with van der Waals surface area (Å²) in [5.41, 5.74) is 0.675. The quantitative estimate of drug-likeness (QED) is 0.886. The lowest BCUT2D eigenvalue weighted by Crippen LogP contribution is -2.16. The molecule has 0 saturated heterocycles. The van der Waals surface area contributed by atoms with Gasteiger partial charge in [-0.2, -0.15) is 0 Å². The van der Waals surface area contributed by atoms with Crippen LogP contribution in [0.4, 0.5) is 10.1 Å². The number of halogens is 2. The average Bonchev–Trinajstić information content (AvgIpc) is 2.40. The van der Waals surface area contributed by atoms with Crippen LogP contribution >= 0.6 is 15.9 Å². The van der Waals surface area contributed by atoms with Gasteiger partial charge < -0.3 is 10.4 Å². The fourth-order valence-electron chi connectivity index (χ4n) is 1.86. The van der Waals surface area contributed by atoms with Crippen molar-refractivity contribution in [2.24, 2.45) is 0 Å². The van der Waals surface area contributed by atoms with Gasteiger partial charge in [0.1, 0.15) is 5.82 Å². The van der Waals surface area contributed by atoms with Crippen LogP contribution in [0, 0.1) is 5.82 Å². The summed E-state index contributed by atoms with van der Waals surface area (Å²) >= 11 is 3.12. The summed E-state index contributed by atoms with van der Waals surface area (Å²) < 4.78 is 14.1. The number of amides is 1. The molecule has 0 bridgehead atoms. The average molecular weight is 352 g/mol. The fourth-order valence-corrected chi connectivity index (χ4v) is 2.38. The number of anilines is 1. The molecule has 0 unspecified atom stereocenters. The van der Waals surface area contributed by atoms with Crippen LogP contribution in [0.5, 0.6) is 0 Å². The minimum atomic E-state index is -1.01. The maximum Gasteiger partial charge on any atom is 0.307 e. The Morgan fingerprint density at radius 3 is 2.52 bits per heavy atom. The highest BCUT2D eigenvalue weighted by atomic mass is 79.9. The molecule has 0 heterocycles. The van der Waals surface area contributed by atoms with Crippen molar-refractivity contribution in [1.29, 1.82) is 0 Å². The molecule has 2 rings (SSSR count). The van der Waals surface area contributed by atoms with Gasteiger partial charge in [-0.3, -0.25) is 9.59 Å². The molecule has 4 nitrogen and oxygen atoms in total. The van der Waals surface area contributed by atoms with Gasteiger partial charge in [-0.25, -0.2) is 4.39 Å². The van der Waals surface area contributed by atoms with Gasteiger partial charge in [0.15, 0.2) is 0 Å². The third-order valence-corrected chi connectivity index (χ3v) is 3.46. The van der Waals surface area contributed by atoms with E-state index < -0.39 is 17.7 Å². The topological polar surface area (TPSA) is 66.4 Å². The lowest BCUT2D eigenvalue weighted by atomic mass is 10.1. The summed E-state index contributed by atoms with van der Waals surface area (Å²) in [4.78, 5) is 23.0. The van der Waals surface area contributed by atoms with Gasteiger partial charge in [-0.15, -0.1) is 0 Å². The summed E-state index contributed by atoms with van der Waals surface area (Å²) in [6.07, 6.45) is -0.227. The van der Waals surface area contributed by atoms with E-state index >= 15 is 0 Å². The Kier molecular flexibility index (Phi) is 4.70. The summed E-state index contributed by atoms with van der Waals surface area (Å²) in [5.74, 6) is -2.31. The molecular formula is C15H11BrFNO3. The van der Waals surface area contributed by atoms with Crippen LogP contribution in [0.15, 0.2) is 46.9 Å². The smallest absolute Gasteiger partial charge is 0.307 e. The van der Waals surface area contributed by atoms with Gasteiger partial charge in [0.2, 0.25) is 0 Å². The lowest BCUT2D eigenvalue weighted by molar-refractivity contribution is -0.136. The number of para-hydroxylation sites is 1. The summed E-state index contributed by atoms with van der Waals surface area (Å²) in [6.45, 7) is 0. The first-order valence-electron chi connectivity index (χ1n) is 6.04. The van der Waals surface area contributed by atoms with Crippen LogP contribution < -0.4 is 5.32 Å². The number of aliphatic carboxylic acids is 1. The Hall–Kier alpha value is -2.21. The molecule has 0 aliphatic carbocycles. The van der Waals surface area contributed by atoms with Gasteiger partial charge >= 0.3 is 5.97 Å². The van der Waals surface area contributed by atoms with E-state index in [9.17, 15) is 14.0 Å². The number of carboxylic acid groups (broad SMARTS) is 1. The van der Waals surface area contributed by atoms with Crippen LogP contribution in [0.3, 0.4) is 0 Å². The first kappa shape index (κ1) is 15.2. The van der Waals surface area contributed by atoms with Gasteiger partial charge in [-0.05, 0) is 39.7 Å². The van der Waals surface area contributed by atoms with E-state index in [1.54, 1.807) is 30.3 Å². The maximum atomic E-state index is 13.7. The number of hydrogen-bond acceptors (Lipinski definition) is 2. The molecule has 0 aliphatic rings. The zero-order chi connectivity index (χ0) is 15.4. The van der Waals surface area contributed by atoms with Gasteiger partial charge in [0, 0.05) is 10.2 Å². The van der Waals surface area contributed by atoms with Gasteiger partial charge in [-0.1, -0.05) is 24.3 Å². The molecule has 0 radical (unpaired) electrons. The summed E-state index contributed by atoms with van der Waals surface area (Å²) in [5, 5.41) is 11.4. The predicted octanol–water partition coefficient (Wildman–Crippen LogP) is 3.47. The lowest BCUT2D eigenvalue weighted by Gasteiger charge is -2.11. The van der Waals surface area contributed by atoms with Crippen LogP contribution in [-0.4, -0.2) is 17.0 Å². The highest BCUT2D eigenvalue weighted by Gasteiger charge is 2.17. The standard InChI is InChI=1S/C15H11BrFNO3/c16-10-5-3-6-11(17)14(10)15(21)18-12-7-2-1-4-9(12)8-13(19)20/h1-7H,8H2,(H,18,21)(H,19,20). The number of rotatable bonds is 4. The molecule has 1 amide bonds. The molecule has 0 atom stereocenters. The van der Waals surface area contributed by atoms with Crippen molar-refractivity contribution >= 4 is 33.5 Å². The molecule has 0 fully saturated rings. The van der Waals surface area contributed by atoms with Crippen molar-refractivity contribution in [3.8, 4) is 0 Å². The molecule has 0 aromatic heterocycles. The maximum absolute atomic E-state index is 13.7. The van der Waals surface area contributed by atoms with Crippen molar-refractivity contribution in [1.82, 2.24) is 0 Å². The van der Waals surface area contributed by atoms with Crippen molar-refractivity contribution < 1.29 is 19.1 Å². The molecule has 21 heavy (non-hydrogen) atoms. The highest BCUT2D eigenvalue weighted by Crippen LogP contribution is 2.22. The molecule has 2 aromatic rings. The van der Waals surface area contributed by atoms with Crippen LogP contribution in [0.1, 0.15) is 15.9 Å². The first-order chi connectivity index (χ1) is 9.99. The first-order valence-corrected chi connectivity index (χ1v) is 6.83. The second-order valence-corrected chi connectivity index (χ2v) is 5.13. The molecule has 108 valence electrons. The Bertz CT molecular complexity index is 683.